The summed E-state index contributed by atoms with van der Waals surface area (Å²) in [5.74, 6) is -0.0630. The fourth-order valence-electron chi connectivity index (χ4n) is 4.02. The molecule has 2 fully saturated rings. The highest BCUT2D eigenvalue weighted by Crippen LogP contribution is 2.30. The summed E-state index contributed by atoms with van der Waals surface area (Å²) in [5.41, 5.74) is 2.67. The number of hydrogen-bond acceptors (Lipinski definition) is 4. The Morgan fingerprint density at radius 1 is 1.06 bits per heavy atom. The van der Waals surface area contributed by atoms with Crippen molar-refractivity contribution in [3.8, 4) is 0 Å². The lowest BCUT2D eigenvalue weighted by molar-refractivity contribution is 0.0729. The van der Waals surface area contributed by atoms with E-state index in [0.717, 1.165) is 29.3 Å². The molecule has 0 spiro atoms. The highest BCUT2D eigenvalue weighted by Gasteiger charge is 2.33. The molecule has 1 saturated heterocycles. The Morgan fingerprint density at radius 2 is 1.81 bits per heavy atom. The maximum absolute atomic E-state index is 13.3. The number of aromatic amines is 1. The molecule has 1 N–H and O–H groups in total. The number of rotatable bonds is 6. The standard InChI is InChI=1S/C23H25N3O4S/c27-23(18-2-6-21(7-3-18)31(28,29)25-11-13-30-14-12-25)26(20-4-5-20)16-17-1-8-22-19(15-17)9-10-24-22/h1-3,6-10,15,20,24H,4-5,11-14,16H2. The zero-order valence-corrected chi connectivity index (χ0v) is 18.0. The van der Waals surface area contributed by atoms with Crippen molar-refractivity contribution in [2.45, 2.75) is 30.3 Å². The number of nitrogens with one attached hydrogen (secondary N) is 1. The van der Waals surface area contributed by atoms with E-state index in [1.54, 1.807) is 12.1 Å². The van der Waals surface area contributed by atoms with Gasteiger partial charge in [-0.2, -0.15) is 4.31 Å². The largest absolute Gasteiger partial charge is 0.379 e. The van der Waals surface area contributed by atoms with Gasteiger partial charge in [-0.05, 0) is 66.3 Å². The van der Waals surface area contributed by atoms with Crippen LogP contribution in [0.1, 0.15) is 28.8 Å². The van der Waals surface area contributed by atoms with Crippen LogP contribution in [0.2, 0.25) is 0 Å². The Hall–Kier alpha value is -2.68. The molecular formula is C23H25N3O4S. The number of ether oxygens (including phenoxy) is 1. The number of amides is 1. The van der Waals surface area contributed by atoms with E-state index in [4.69, 9.17) is 4.74 Å². The van der Waals surface area contributed by atoms with Gasteiger partial charge in [0.1, 0.15) is 0 Å². The van der Waals surface area contributed by atoms with Gasteiger partial charge < -0.3 is 14.6 Å². The van der Waals surface area contributed by atoms with Crippen LogP contribution in [0.5, 0.6) is 0 Å². The van der Waals surface area contributed by atoms with Crippen molar-refractivity contribution in [2.75, 3.05) is 26.3 Å². The van der Waals surface area contributed by atoms with Gasteiger partial charge in [0.15, 0.2) is 0 Å². The zero-order chi connectivity index (χ0) is 21.4. The highest BCUT2D eigenvalue weighted by atomic mass is 32.2. The molecule has 0 radical (unpaired) electrons. The van der Waals surface area contributed by atoms with E-state index in [1.807, 2.05) is 29.3 Å². The molecule has 1 aromatic heterocycles. The lowest BCUT2D eigenvalue weighted by Gasteiger charge is -2.26. The SMILES string of the molecule is O=C(c1ccc(S(=O)(=O)N2CCOCC2)cc1)N(Cc1ccc2[nH]ccc2c1)C1CC1. The summed E-state index contributed by atoms with van der Waals surface area (Å²) in [5, 5.41) is 1.12. The van der Waals surface area contributed by atoms with Gasteiger partial charge in [-0.25, -0.2) is 8.42 Å². The maximum atomic E-state index is 13.3. The van der Waals surface area contributed by atoms with Crippen LogP contribution in [0.4, 0.5) is 0 Å². The molecule has 1 aliphatic heterocycles. The van der Waals surface area contributed by atoms with Crippen LogP contribution in [-0.4, -0.2) is 60.9 Å². The summed E-state index contributed by atoms with van der Waals surface area (Å²) in [6.07, 6.45) is 3.91. The van der Waals surface area contributed by atoms with Gasteiger partial charge in [0, 0.05) is 43.0 Å². The molecule has 1 aliphatic carbocycles. The van der Waals surface area contributed by atoms with Gasteiger partial charge in [-0.1, -0.05) is 6.07 Å². The minimum Gasteiger partial charge on any atom is -0.379 e. The summed E-state index contributed by atoms with van der Waals surface area (Å²) in [6, 6.07) is 14.8. The second kappa shape index (κ2) is 8.11. The van der Waals surface area contributed by atoms with Crippen LogP contribution < -0.4 is 0 Å². The minimum atomic E-state index is -3.57. The Balaban J connectivity index is 1.35. The third-order valence-electron chi connectivity index (χ3n) is 5.93. The highest BCUT2D eigenvalue weighted by molar-refractivity contribution is 7.89. The third kappa shape index (κ3) is 4.11. The number of morpholine rings is 1. The first-order valence-electron chi connectivity index (χ1n) is 10.6. The minimum absolute atomic E-state index is 0.0630. The number of carbonyl (C=O) groups excluding carboxylic acids is 1. The van der Waals surface area contributed by atoms with E-state index in [-0.39, 0.29) is 16.8 Å². The van der Waals surface area contributed by atoms with Crippen LogP contribution in [-0.2, 0) is 21.3 Å². The summed E-state index contributed by atoms with van der Waals surface area (Å²) >= 11 is 0. The van der Waals surface area contributed by atoms with Crippen molar-refractivity contribution in [2.24, 2.45) is 0 Å². The van der Waals surface area contributed by atoms with Gasteiger partial charge in [0.2, 0.25) is 10.0 Å². The summed E-state index contributed by atoms with van der Waals surface area (Å²) in [7, 11) is -3.57. The lowest BCUT2D eigenvalue weighted by atomic mass is 10.1. The number of H-pyrrole nitrogens is 1. The predicted molar refractivity (Wildman–Crippen MR) is 117 cm³/mol. The first-order chi connectivity index (χ1) is 15.0. The Kier molecular flexibility index (Phi) is 5.29. The van der Waals surface area contributed by atoms with Crippen molar-refractivity contribution in [3.63, 3.8) is 0 Å². The summed E-state index contributed by atoms with van der Waals surface area (Å²) in [4.78, 5) is 18.5. The molecule has 3 aromatic rings. The monoisotopic (exact) mass is 439 g/mol. The number of nitrogens with zero attached hydrogens (tertiary/aromatic N) is 2. The quantitative estimate of drug-likeness (QED) is 0.640. The molecule has 7 nitrogen and oxygen atoms in total. The Labute approximate surface area is 181 Å². The zero-order valence-electron chi connectivity index (χ0n) is 17.2. The summed E-state index contributed by atoms with van der Waals surface area (Å²) < 4.78 is 32.3. The molecule has 162 valence electrons. The van der Waals surface area contributed by atoms with E-state index in [9.17, 15) is 13.2 Å². The van der Waals surface area contributed by atoms with Gasteiger partial charge in [-0.15, -0.1) is 0 Å². The average Bonchev–Trinajstić information content (AvgIpc) is 3.54. The van der Waals surface area contributed by atoms with Crippen LogP contribution in [0.25, 0.3) is 10.9 Å². The van der Waals surface area contributed by atoms with Crippen LogP contribution in [0, 0.1) is 0 Å². The topological polar surface area (TPSA) is 82.7 Å². The van der Waals surface area contributed by atoms with Crippen LogP contribution in [0.15, 0.2) is 59.6 Å². The van der Waals surface area contributed by atoms with Crippen molar-refractivity contribution < 1.29 is 17.9 Å². The number of aromatic nitrogens is 1. The molecule has 2 aromatic carbocycles. The molecule has 8 heteroatoms. The molecule has 31 heavy (non-hydrogen) atoms. The number of hydrogen-bond donors (Lipinski definition) is 1. The normalized spacial score (nSPS) is 17.7. The number of benzene rings is 2. The fraction of sp³-hybridized carbons (Fsp3) is 0.348. The lowest BCUT2D eigenvalue weighted by Crippen LogP contribution is -2.40. The van der Waals surface area contributed by atoms with E-state index in [2.05, 4.69) is 11.1 Å². The summed E-state index contributed by atoms with van der Waals surface area (Å²) in [6.45, 7) is 2.05. The van der Waals surface area contributed by atoms with Crippen molar-refractivity contribution in [1.29, 1.82) is 0 Å². The maximum Gasteiger partial charge on any atom is 0.254 e. The number of carbonyl (C=O) groups is 1. The van der Waals surface area contributed by atoms with E-state index >= 15 is 0 Å². The molecule has 1 amide bonds. The average molecular weight is 440 g/mol. The predicted octanol–water partition coefficient (Wildman–Crippen LogP) is 2.99. The van der Waals surface area contributed by atoms with Gasteiger partial charge in [0.25, 0.3) is 5.91 Å². The van der Waals surface area contributed by atoms with Crippen LogP contribution in [0.3, 0.4) is 0 Å². The Morgan fingerprint density at radius 3 is 2.52 bits per heavy atom. The second-order valence-corrected chi connectivity index (χ2v) is 10.0. The van der Waals surface area contributed by atoms with E-state index in [0.29, 0.717) is 38.4 Å². The molecule has 2 heterocycles. The van der Waals surface area contributed by atoms with E-state index < -0.39 is 10.0 Å². The molecule has 0 bridgehead atoms. The van der Waals surface area contributed by atoms with Crippen molar-refractivity contribution in [1.82, 2.24) is 14.2 Å². The first kappa shape index (κ1) is 20.2. The number of fused-ring (bicyclic) bond motifs is 1. The molecule has 0 unspecified atom stereocenters. The molecule has 2 aliphatic rings. The molecule has 1 saturated carbocycles. The molecule has 5 rings (SSSR count). The van der Waals surface area contributed by atoms with Crippen LogP contribution >= 0.6 is 0 Å². The van der Waals surface area contributed by atoms with Gasteiger partial charge >= 0.3 is 0 Å². The second-order valence-electron chi connectivity index (χ2n) is 8.10. The number of sulfonamides is 1. The fourth-order valence-corrected chi connectivity index (χ4v) is 5.43. The van der Waals surface area contributed by atoms with E-state index in [1.165, 1.54) is 16.4 Å². The van der Waals surface area contributed by atoms with Gasteiger partial charge in [0.05, 0.1) is 18.1 Å². The van der Waals surface area contributed by atoms with Gasteiger partial charge in [-0.3, -0.25) is 4.79 Å². The molecule has 0 atom stereocenters. The molecular weight excluding hydrogens is 414 g/mol. The van der Waals surface area contributed by atoms with Crippen molar-refractivity contribution in [3.05, 3.63) is 65.9 Å². The third-order valence-corrected chi connectivity index (χ3v) is 7.84. The smallest absolute Gasteiger partial charge is 0.254 e. The van der Waals surface area contributed by atoms with Crippen molar-refractivity contribution >= 4 is 26.8 Å². The first-order valence-corrected chi connectivity index (χ1v) is 12.0. The Bertz CT molecular complexity index is 1190.